The molecule has 1 aliphatic rings. The molecule has 0 bridgehead atoms. The maximum atomic E-state index is 12.8. The van der Waals surface area contributed by atoms with Crippen LogP contribution in [-0.4, -0.2) is 38.0 Å². The zero-order valence-corrected chi connectivity index (χ0v) is 15.4. The fourth-order valence-electron chi connectivity index (χ4n) is 2.86. The lowest BCUT2D eigenvalue weighted by Crippen LogP contribution is -2.28. The summed E-state index contributed by atoms with van der Waals surface area (Å²) in [5.74, 6) is -2.55. The van der Waals surface area contributed by atoms with Crippen molar-refractivity contribution in [3.8, 4) is 5.75 Å². The van der Waals surface area contributed by atoms with Gasteiger partial charge in [-0.05, 0) is 29.3 Å². The SMILES string of the molecule is CN1C(=O)c2ccccc2/C(=C\C(=O)O)c2ccc(OS(=O)(=O)C(F)(F)F)cc21. The molecule has 0 atom stereocenters. The number of carbonyl (C=O) groups excluding carboxylic acids is 1. The number of fused-ring (bicyclic) bond motifs is 2. The Balaban J connectivity index is 2.22. The highest BCUT2D eigenvalue weighted by molar-refractivity contribution is 7.88. The fourth-order valence-corrected chi connectivity index (χ4v) is 3.31. The molecule has 3 rings (SSSR count). The number of amides is 1. The van der Waals surface area contributed by atoms with Crippen LogP contribution in [0.25, 0.3) is 5.57 Å². The summed E-state index contributed by atoms with van der Waals surface area (Å²) < 4.78 is 64.5. The number of carboxylic acid groups (broad SMARTS) is 1. The first-order valence-electron chi connectivity index (χ1n) is 7.89. The molecule has 1 heterocycles. The molecule has 0 saturated heterocycles. The van der Waals surface area contributed by atoms with Crippen molar-refractivity contribution in [1.82, 2.24) is 0 Å². The van der Waals surface area contributed by atoms with Gasteiger partial charge in [-0.2, -0.15) is 21.6 Å². The van der Waals surface area contributed by atoms with Crippen LogP contribution in [0.1, 0.15) is 21.5 Å². The Kier molecular flexibility index (Phi) is 4.87. The monoisotopic (exact) mass is 427 g/mol. The second-order valence-corrected chi connectivity index (χ2v) is 7.51. The van der Waals surface area contributed by atoms with E-state index in [9.17, 15) is 36.3 Å². The first-order valence-corrected chi connectivity index (χ1v) is 9.30. The van der Waals surface area contributed by atoms with E-state index < -0.39 is 33.3 Å². The largest absolute Gasteiger partial charge is 0.534 e. The molecule has 0 fully saturated rings. The summed E-state index contributed by atoms with van der Waals surface area (Å²) in [6.07, 6.45) is 0.858. The minimum atomic E-state index is -5.92. The molecule has 1 N–H and O–H groups in total. The number of aliphatic carboxylic acids is 1. The lowest BCUT2D eigenvalue weighted by molar-refractivity contribution is -0.131. The van der Waals surface area contributed by atoms with Gasteiger partial charge in [0.2, 0.25) is 0 Å². The lowest BCUT2D eigenvalue weighted by Gasteiger charge is -2.19. The van der Waals surface area contributed by atoms with Crippen LogP contribution < -0.4 is 9.08 Å². The Morgan fingerprint density at radius 3 is 2.31 bits per heavy atom. The van der Waals surface area contributed by atoms with E-state index >= 15 is 0 Å². The molecular weight excluding hydrogens is 415 g/mol. The predicted octanol–water partition coefficient (Wildman–Crippen LogP) is 3.02. The van der Waals surface area contributed by atoms with Crippen molar-refractivity contribution in [1.29, 1.82) is 0 Å². The van der Waals surface area contributed by atoms with Gasteiger partial charge in [0, 0.05) is 30.3 Å². The Morgan fingerprint density at radius 1 is 1.10 bits per heavy atom. The van der Waals surface area contributed by atoms with Gasteiger partial charge >= 0.3 is 21.6 Å². The summed E-state index contributed by atoms with van der Waals surface area (Å²) >= 11 is 0. The molecule has 7 nitrogen and oxygen atoms in total. The van der Waals surface area contributed by atoms with Crippen LogP contribution in [0, 0.1) is 0 Å². The first kappa shape index (κ1) is 20.4. The highest BCUT2D eigenvalue weighted by atomic mass is 32.2. The average Bonchev–Trinajstić information content (AvgIpc) is 2.70. The van der Waals surface area contributed by atoms with Gasteiger partial charge < -0.3 is 14.2 Å². The number of benzene rings is 2. The molecule has 11 heteroatoms. The molecule has 0 radical (unpaired) electrons. The minimum absolute atomic E-state index is 0.0198. The van der Waals surface area contributed by atoms with E-state index in [0.717, 1.165) is 23.1 Å². The highest BCUT2D eigenvalue weighted by Crippen LogP contribution is 2.40. The zero-order valence-electron chi connectivity index (χ0n) is 14.6. The molecule has 0 aliphatic carbocycles. The Bertz CT molecular complexity index is 1150. The number of hydrogen-bond acceptors (Lipinski definition) is 5. The second kappa shape index (κ2) is 6.92. The van der Waals surface area contributed by atoms with Gasteiger partial charge in [-0.15, -0.1) is 0 Å². The van der Waals surface area contributed by atoms with Crippen molar-refractivity contribution >= 4 is 33.3 Å². The minimum Gasteiger partial charge on any atom is -0.478 e. The summed E-state index contributed by atoms with van der Waals surface area (Å²) in [5, 5.41) is 9.23. The van der Waals surface area contributed by atoms with Crippen molar-refractivity contribution in [3.63, 3.8) is 0 Å². The Labute approximate surface area is 162 Å². The summed E-state index contributed by atoms with van der Waals surface area (Å²) in [6.45, 7) is 0. The molecule has 2 aromatic rings. The predicted molar refractivity (Wildman–Crippen MR) is 95.9 cm³/mol. The number of carbonyl (C=O) groups is 2. The highest BCUT2D eigenvalue weighted by Gasteiger charge is 2.48. The summed E-state index contributed by atoms with van der Waals surface area (Å²) in [5.41, 5.74) is -4.85. The van der Waals surface area contributed by atoms with E-state index in [2.05, 4.69) is 4.18 Å². The number of anilines is 1. The van der Waals surface area contributed by atoms with Crippen molar-refractivity contribution in [2.45, 2.75) is 5.51 Å². The molecular formula is C18H12F3NO6S. The molecule has 2 aromatic carbocycles. The van der Waals surface area contributed by atoms with E-state index in [4.69, 9.17) is 0 Å². The summed E-state index contributed by atoms with van der Waals surface area (Å²) in [7, 11) is -4.59. The van der Waals surface area contributed by atoms with Crippen LogP contribution in [-0.2, 0) is 14.9 Å². The van der Waals surface area contributed by atoms with Crippen LogP contribution >= 0.6 is 0 Å². The number of nitrogens with zero attached hydrogens (tertiary/aromatic N) is 1. The number of alkyl halides is 3. The zero-order chi connectivity index (χ0) is 21.6. The third kappa shape index (κ3) is 3.68. The second-order valence-electron chi connectivity index (χ2n) is 5.97. The third-order valence-corrected chi connectivity index (χ3v) is 5.11. The quantitative estimate of drug-likeness (QED) is 0.459. The van der Waals surface area contributed by atoms with Gasteiger partial charge in [0.1, 0.15) is 5.75 Å². The van der Waals surface area contributed by atoms with E-state index in [-0.39, 0.29) is 22.4 Å². The number of halogens is 3. The third-order valence-electron chi connectivity index (χ3n) is 4.13. The van der Waals surface area contributed by atoms with Gasteiger partial charge in [-0.1, -0.05) is 18.2 Å². The molecule has 0 spiro atoms. The van der Waals surface area contributed by atoms with Crippen molar-refractivity contribution < 1.29 is 40.5 Å². The van der Waals surface area contributed by atoms with Crippen molar-refractivity contribution in [2.75, 3.05) is 11.9 Å². The maximum absolute atomic E-state index is 12.8. The average molecular weight is 427 g/mol. The van der Waals surface area contributed by atoms with Crippen LogP contribution in [0.3, 0.4) is 0 Å². The van der Waals surface area contributed by atoms with E-state index in [1.54, 1.807) is 12.1 Å². The topological polar surface area (TPSA) is 101 Å². The number of carboxylic acids is 1. The van der Waals surface area contributed by atoms with Crippen LogP contribution in [0.2, 0.25) is 0 Å². The fraction of sp³-hybridized carbons (Fsp3) is 0.111. The van der Waals surface area contributed by atoms with Crippen LogP contribution in [0.5, 0.6) is 5.75 Å². The van der Waals surface area contributed by atoms with Crippen molar-refractivity contribution in [2.24, 2.45) is 0 Å². The van der Waals surface area contributed by atoms with Gasteiger partial charge in [-0.3, -0.25) is 4.79 Å². The van der Waals surface area contributed by atoms with E-state index in [1.807, 2.05) is 0 Å². The number of rotatable bonds is 3. The molecule has 29 heavy (non-hydrogen) atoms. The Hall–Kier alpha value is -3.34. The van der Waals surface area contributed by atoms with Gasteiger partial charge in [0.25, 0.3) is 5.91 Å². The normalized spacial score (nSPS) is 15.5. The molecule has 0 unspecified atom stereocenters. The van der Waals surface area contributed by atoms with Crippen LogP contribution in [0.15, 0.2) is 48.5 Å². The van der Waals surface area contributed by atoms with E-state index in [0.29, 0.717) is 5.56 Å². The number of hydrogen-bond donors (Lipinski definition) is 1. The first-order chi connectivity index (χ1) is 13.4. The van der Waals surface area contributed by atoms with Gasteiger partial charge in [0.15, 0.2) is 0 Å². The molecule has 1 amide bonds. The summed E-state index contributed by atoms with van der Waals surface area (Å²) in [4.78, 5) is 25.2. The molecule has 152 valence electrons. The standard InChI is InChI=1S/C18H12F3NO6S/c1-22-15-8-10(28-29(26,27)18(19,20)21)6-7-12(15)14(9-16(23)24)11-4-2-3-5-13(11)17(22)25/h2-9H,1H3,(H,23,24)/b14-9+. The van der Waals surface area contributed by atoms with Crippen LogP contribution in [0.4, 0.5) is 18.9 Å². The smallest absolute Gasteiger partial charge is 0.478 e. The van der Waals surface area contributed by atoms with E-state index in [1.165, 1.54) is 25.2 Å². The molecule has 0 saturated carbocycles. The van der Waals surface area contributed by atoms with Gasteiger partial charge in [0.05, 0.1) is 5.69 Å². The Morgan fingerprint density at radius 2 is 1.72 bits per heavy atom. The lowest BCUT2D eigenvalue weighted by atomic mass is 9.94. The maximum Gasteiger partial charge on any atom is 0.534 e. The van der Waals surface area contributed by atoms with Crippen molar-refractivity contribution in [3.05, 3.63) is 65.2 Å². The van der Waals surface area contributed by atoms with Gasteiger partial charge in [-0.25, -0.2) is 4.79 Å². The molecule has 0 aromatic heterocycles. The molecule has 1 aliphatic heterocycles. The summed E-state index contributed by atoms with van der Waals surface area (Å²) in [6, 6.07) is 9.24.